The monoisotopic (exact) mass is 328 g/mol. The van der Waals surface area contributed by atoms with Gasteiger partial charge in [-0.25, -0.2) is 0 Å². The third kappa shape index (κ3) is 2.09. The van der Waals surface area contributed by atoms with Gasteiger partial charge in [0.05, 0.1) is 6.10 Å². The van der Waals surface area contributed by atoms with Crippen LogP contribution in [0.3, 0.4) is 0 Å². The van der Waals surface area contributed by atoms with Gasteiger partial charge in [0.15, 0.2) is 5.78 Å². The molecule has 3 nitrogen and oxygen atoms in total. The minimum absolute atomic E-state index is 0.0750. The van der Waals surface area contributed by atoms with E-state index in [1.807, 2.05) is 6.08 Å². The van der Waals surface area contributed by atoms with E-state index in [9.17, 15) is 15.0 Å². The number of terminal acetylenes is 1. The first-order chi connectivity index (χ1) is 11.2. The van der Waals surface area contributed by atoms with Crippen molar-refractivity contribution in [3.05, 3.63) is 11.6 Å². The average Bonchev–Trinajstić information content (AvgIpc) is 2.79. The van der Waals surface area contributed by atoms with Gasteiger partial charge in [-0.2, -0.15) is 0 Å². The molecule has 0 aromatic rings. The van der Waals surface area contributed by atoms with Gasteiger partial charge in [-0.3, -0.25) is 4.79 Å². The summed E-state index contributed by atoms with van der Waals surface area (Å²) in [5.41, 5.74) is 0.0686. The predicted molar refractivity (Wildman–Crippen MR) is 91.9 cm³/mol. The zero-order chi connectivity index (χ0) is 17.3. The SMILES string of the molecule is C#C[C@@]1(O)C[C@H]2[C@@H]3CCC4=CC(=O)CC[C@]4(C)[C@H]3[C@@H](O)C[C@]2(C)C1. The minimum Gasteiger partial charge on any atom is -0.393 e. The smallest absolute Gasteiger partial charge is 0.155 e. The molecule has 3 saturated carbocycles. The van der Waals surface area contributed by atoms with Crippen LogP contribution in [0.2, 0.25) is 0 Å². The van der Waals surface area contributed by atoms with E-state index >= 15 is 0 Å². The van der Waals surface area contributed by atoms with E-state index in [1.165, 1.54) is 5.57 Å². The Hall–Kier alpha value is -1.11. The highest BCUT2D eigenvalue weighted by Crippen LogP contribution is 2.66. The number of aliphatic hydroxyl groups is 2. The van der Waals surface area contributed by atoms with E-state index in [0.29, 0.717) is 37.5 Å². The highest BCUT2D eigenvalue weighted by atomic mass is 16.3. The van der Waals surface area contributed by atoms with Crippen LogP contribution in [-0.4, -0.2) is 27.7 Å². The molecule has 0 aromatic heterocycles. The minimum atomic E-state index is -1.02. The molecule has 0 bridgehead atoms. The maximum absolute atomic E-state index is 11.9. The normalized spacial score (nSPS) is 53.5. The molecule has 7 atom stereocenters. The molecular formula is C21H28O3. The van der Waals surface area contributed by atoms with Crippen LogP contribution in [0.5, 0.6) is 0 Å². The number of fused-ring (bicyclic) bond motifs is 5. The Morgan fingerprint density at radius 3 is 2.75 bits per heavy atom. The van der Waals surface area contributed by atoms with Gasteiger partial charge >= 0.3 is 0 Å². The molecule has 0 spiro atoms. The van der Waals surface area contributed by atoms with Crippen molar-refractivity contribution in [1.29, 1.82) is 0 Å². The lowest BCUT2D eigenvalue weighted by molar-refractivity contribution is -0.127. The van der Waals surface area contributed by atoms with Crippen molar-refractivity contribution in [3.8, 4) is 12.3 Å². The third-order valence-electron chi connectivity index (χ3n) is 7.93. The standard InChI is InChI=1S/C21H28O3/c1-4-21(24)10-16-15-6-5-13-9-14(22)7-8-20(13,3)18(15)17(23)11-19(16,2)12-21/h1,9,15-18,23-24H,5-8,10-12H2,2-3H3/t15-,16-,17-,18+,19+,20-,21+/m0/s1. The topological polar surface area (TPSA) is 57.5 Å². The summed E-state index contributed by atoms with van der Waals surface area (Å²) in [6.07, 6.45) is 12.4. The molecule has 4 aliphatic rings. The van der Waals surface area contributed by atoms with E-state index in [4.69, 9.17) is 6.42 Å². The van der Waals surface area contributed by atoms with Crippen molar-refractivity contribution < 1.29 is 15.0 Å². The first-order valence-corrected chi connectivity index (χ1v) is 9.33. The Bertz CT molecular complexity index is 658. The highest BCUT2D eigenvalue weighted by molar-refractivity contribution is 5.91. The lowest BCUT2D eigenvalue weighted by Gasteiger charge is -2.58. The van der Waals surface area contributed by atoms with Crippen LogP contribution in [-0.2, 0) is 4.79 Å². The second kappa shape index (κ2) is 4.96. The molecule has 3 fully saturated rings. The van der Waals surface area contributed by atoms with Gasteiger partial charge in [-0.15, -0.1) is 6.42 Å². The van der Waals surface area contributed by atoms with Crippen molar-refractivity contribution in [2.75, 3.05) is 0 Å². The Balaban J connectivity index is 1.74. The molecule has 24 heavy (non-hydrogen) atoms. The molecule has 2 N–H and O–H groups in total. The van der Waals surface area contributed by atoms with Crippen LogP contribution in [0, 0.1) is 40.9 Å². The largest absolute Gasteiger partial charge is 0.393 e. The Morgan fingerprint density at radius 2 is 2.04 bits per heavy atom. The van der Waals surface area contributed by atoms with Crippen LogP contribution in [0.4, 0.5) is 0 Å². The van der Waals surface area contributed by atoms with Crippen molar-refractivity contribution in [1.82, 2.24) is 0 Å². The van der Waals surface area contributed by atoms with Crippen LogP contribution in [0.15, 0.2) is 11.6 Å². The van der Waals surface area contributed by atoms with E-state index in [-0.39, 0.29) is 28.6 Å². The lowest BCUT2D eigenvalue weighted by Crippen LogP contribution is -2.55. The second-order valence-electron chi connectivity index (χ2n) is 9.37. The molecule has 4 aliphatic carbocycles. The fourth-order valence-electron chi connectivity index (χ4n) is 6.94. The van der Waals surface area contributed by atoms with Gasteiger partial charge in [0, 0.05) is 6.42 Å². The summed E-state index contributed by atoms with van der Waals surface area (Å²) < 4.78 is 0. The summed E-state index contributed by atoms with van der Waals surface area (Å²) in [7, 11) is 0. The number of rotatable bonds is 0. The molecule has 3 heteroatoms. The molecule has 0 aliphatic heterocycles. The van der Waals surface area contributed by atoms with Gasteiger partial charge < -0.3 is 10.2 Å². The summed E-state index contributed by atoms with van der Waals surface area (Å²) in [4.78, 5) is 11.9. The maximum Gasteiger partial charge on any atom is 0.155 e. The molecule has 130 valence electrons. The van der Waals surface area contributed by atoms with Crippen LogP contribution in [0.1, 0.15) is 58.8 Å². The second-order valence-corrected chi connectivity index (χ2v) is 9.37. The van der Waals surface area contributed by atoms with Gasteiger partial charge in [0.1, 0.15) is 5.60 Å². The number of allylic oxidation sites excluding steroid dienone is 1. The van der Waals surface area contributed by atoms with Crippen molar-refractivity contribution in [2.45, 2.75) is 70.5 Å². The van der Waals surface area contributed by atoms with Gasteiger partial charge in [0.25, 0.3) is 0 Å². The molecular weight excluding hydrogens is 300 g/mol. The molecule has 0 heterocycles. The molecule has 0 unspecified atom stereocenters. The van der Waals surface area contributed by atoms with E-state index in [0.717, 1.165) is 19.3 Å². The molecule has 0 radical (unpaired) electrons. The van der Waals surface area contributed by atoms with E-state index in [2.05, 4.69) is 19.8 Å². The average molecular weight is 328 g/mol. The Kier molecular flexibility index (Phi) is 3.38. The predicted octanol–water partition coefficient (Wildman–Crippen LogP) is 2.85. The summed E-state index contributed by atoms with van der Waals surface area (Å²) in [5, 5.41) is 21.8. The number of ketones is 1. The molecule has 4 rings (SSSR count). The first-order valence-electron chi connectivity index (χ1n) is 9.33. The fraction of sp³-hybridized carbons (Fsp3) is 0.762. The maximum atomic E-state index is 11.9. The fourth-order valence-corrected chi connectivity index (χ4v) is 6.94. The third-order valence-corrected chi connectivity index (χ3v) is 7.93. The van der Waals surface area contributed by atoms with Crippen LogP contribution in [0.25, 0.3) is 0 Å². The number of carbonyl (C=O) groups is 1. The molecule has 0 saturated heterocycles. The van der Waals surface area contributed by atoms with Crippen LogP contribution >= 0.6 is 0 Å². The van der Waals surface area contributed by atoms with Crippen molar-refractivity contribution >= 4 is 5.78 Å². The quantitative estimate of drug-likeness (QED) is 0.672. The highest BCUT2D eigenvalue weighted by Gasteiger charge is 2.63. The van der Waals surface area contributed by atoms with Gasteiger partial charge in [0.2, 0.25) is 0 Å². The zero-order valence-electron chi connectivity index (χ0n) is 14.7. The first kappa shape index (κ1) is 16.4. The summed E-state index contributed by atoms with van der Waals surface area (Å²) in [6.45, 7) is 4.45. The molecule has 0 amide bonds. The van der Waals surface area contributed by atoms with E-state index in [1.54, 1.807) is 0 Å². The summed E-state index contributed by atoms with van der Waals surface area (Å²) >= 11 is 0. The lowest BCUT2D eigenvalue weighted by atomic mass is 9.46. The Morgan fingerprint density at radius 1 is 1.29 bits per heavy atom. The van der Waals surface area contributed by atoms with Gasteiger partial charge in [-0.05, 0) is 73.2 Å². The Labute approximate surface area is 144 Å². The number of hydrogen-bond acceptors (Lipinski definition) is 3. The van der Waals surface area contributed by atoms with Gasteiger partial charge in [-0.1, -0.05) is 25.3 Å². The van der Waals surface area contributed by atoms with Crippen molar-refractivity contribution in [3.63, 3.8) is 0 Å². The van der Waals surface area contributed by atoms with Crippen molar-refractivity contribution in [2.24, 2.45) is 28.6 Å². The van der Waals surface area contributed by atoms with E-state index < -0.39 is 5.60 Å². The molecule has 0 aromatic carbocycles. The number of aliphatic hydroxyl groups excluding tert-OH is 1. The van der Waals surface area contributed by atoms with Crippen LogP contribution < -0.4 is 0 Å². The zero-order valence-corrected chi connectivity index (χ0v) is 14.7. The number of carbonyl (C=O) groups excluding carboxylic acids is 1. The number of hydrogen-bond donors (Lipinski definition) is 2. The summed E-state index contributed by atoms with van der Waals surface area (Å²) in [6, 6.07) is 0. The summed E-state index contributed by atoms with van der Waals surface area (Å²) in [5.74, 6) is 3.79.